The normalized spacial score (nSPS) is 20.1. The van der Waals surface area contributed by atoms with Gasteiger partial charge in [0.1, 0.15) is 11.1 Å². The standard InChI is InChI=1S/C16H28N2OS/c1-5-9-17-10-12-7-6-8-13-14(12)18-16(20-13)15(19-4)11(2)3/h11-12,15,17H,5-10H2,1-4H3. The Morgan fingerprint density at radius 3 is 2.90 bits per heavy atom. The number of fused-ring (bicyclic) bond motifs is 1. The van der Waals surface area contributed by atoms with Crippen LogP contribution < -0.4 is 5.32 Å². The molecule has 0 amide bonds. The van der Waals surface area contributed by atoms with Gasteiger partial charge in [-0.3, -0.25) is 0 Å². The van der Waals surface area contributed by atoms with E-state index in [2.05, 4.69) is 26.1 Å². The zero-order valence-electron chi connectivity index (χ0n) is 13.2. The van der Waals surface area contributed by atoms with Crippen LogP contribution in [0.15, 0.2) is 0 Å². The molecular weight excluding hydrogens is 268 g/mol. The third-order valence-corrected chi connectivity index (χ3v) is 5.20. The maximum Gasteiger partial charge on any atom is 0.122 e. The smallest absolute Gasteiger partial charge is 0.122 e. The average molecular weight is 296 g/mol. The Kier molecular flexibility index (Phi) is 6.00. The lowest BCUT2D eigenvalue weighted by molar-refractivity contribution is 0.0642. The molecule has 0 aliphatic heterocycles. The molecule has 0 bridgehead atoms. The van der Waals surface area contributed by atoms with E-state index in [9.17, 15) is 0 Å². The Morgan fingerprint density at radius 2 is 2.25 bits per heavy atom. The lowest BCUT2D eigenvalue weighted by atomic mass is 9.91. The van der Waals surface area contributed by atoms with E-state index in [1.807, 2.05) is 11.3 Å². The predicted molar refractivity (Wildman–Crippen MR) is 85.5 cm³/mol. The van der Waals surface area contributed by atoms with Gasteiger partial charge in [0.15, 0.2) is 0 Å². The van der Waals surface area contributed by atoms with Crippen molar-refractivity contribution < 1.29 is 4.74 Å². The number of aryl methyl sites for hydroxylation is 1. The van der Waals surface area contributed by atoms with Gasteiger partial charge in [0.05, 0.1) is 5.69 Å². The molecule has 2 rings (SSSR count). The van der Waals surface area contributed by atoms with Crippen LogP contribution >= 0.6 is 11.3 Å². The number of aromatic nitrogens is 1. The monoisotopic (exact) mass is 296 g/mol. The van der Waals surface area contributed by atoms with Crippen LogP contribution in [0.2, 0.25) is 0 Å². The fourth-order valence-electron chi connectivity index (χ4n) is 2.96. The minimum atomic E-state index is 0.148. The highest BCUT2D eigenvalue weighted by molar-refractivity contribution is 7.11. The summed E-state index contributed by atoms with van der Waals surface area (Å²) < 4.78 is 5.64. The van der Waals surface area contributed by atoms with E-state index in [1.54, 1.807) is 7.11 Å². The molecule has 0 radical (unpaired) electrons. The highest BCUT2D eigenvalue weighted by Crippen LogP contribution is 2.38. The molecule has 1 N–H and O–H groups in total. The summed E-state index contributed by atoms with van der Waals surface area (Å²) in [4.78, 5) is 6.45. The van der Waals surface area contributed by atoms with Gasteiger partial charge in [0, 0.05) is 24.4 Å². The van der Waals surface area contributed by atoms with Gasteiger partial charge >= 0.3 is 0 Å². The van der Waals surface area contributed by atoms with Gasteiger partial charge in [-0.15, -0.1) is 11.3 Å². The first kappa shape index (κ1) is 15.9. The average Bonchev–Trinajstić information content (AvgIpc) is 2.83. The summed E-state index contributed by atoms with van der Waals surface area (Å²) in [5, 5.41) is 4.73. The van der Waals surface area contributed by atoms with Gasteiger partial charge in [0.25, 0.3) is 0 Å². The van der Waals surface area contributed by atoms with Gasteiger partial charge in [-0.1, -0.05) is 20.8 Å². The number of hydrogen-bond donors (Lipinski definition) is 1. The fourth-order valence-corrected chi connectivity index (χ4v) is 4.40. The van der Waals surface area contributed by atoms with Gasteiger partial charge in [-0.25, -0.2) is 4.98 Å². The predicted octanol–water partition coefficient (Wildman–Crippen LogP) is 3.91. The minimum Gasteiger partial charge on any atom is -0.374 e. The number of methoxy groups -OCH3 is 1. The molecule has 0 spiro atoms. The maximum absolute atomic E-state index is 5.64. The van der Waals surface area contributed by atoms with Gasteiger partial charge in [-0.2, -0.15) is 0 Å². The second-order valence-corrected chi connectivity index (χ2v) is 7.17. The molecule has 0 fully saturated rings. The Balaban J connectivity index is 2.13. The number of nitrogens with one attached hydrogen (secondary N) is 1. The summed E-state index contributed by atoms with van der Waals surface area (Å²) in [5.74, 6) is 1.07. The minimum absolute atomic E-state index is 0.148. The quantitative estimate of drug-likeness (QED) is 0.775. The lowest BCUT2D eigenvalue weighted by Gasteiger charge is -2.21. The van der Waals surface area contributed by atoms with Crippen LogP contribution in [0.1, 0.15) is 67.6 Å². The molecule has 114 valence electrons. The van der Waals surface area contributed by atoms with E-state index in [0.717, 1.165) is 13.1 Å². The van der Waals surface area contributed by atoms with Crippen LogP contribution in [-0.4, -0.2) is 25.2 Å². The van der Waals surface area contributed by atoms with Crippen molar-refractivity contribution in [2.45, 2.75) is 58.5 Å². The number of thiazole rings is 1. The molecule has 1 heterocycles. The largest absolute Gasteiger partial charge is 0.374 e. The molecule has 1 aliphatic rings. The molecule has 2 unspecified atom stereocenters. The number of nitrogens with zero attached hydrogens (tertiary/aromatic N) is 1. The maximum atomic E-state index is 5.64. The second kappa shape index (κ2) is 7.53. The van der Waals surface area contributed by atoms with Crippen LogP contribution in [-0.2, 0) is 11.2 Å². The number of hydrogen-bond acceptors (Lipinski definition) is 4. The van der Waals surface area contributed by atoms with Crippen LogP contribution in [0.4, 0.5) is 0 Å². The van der Waals surface area contributed by atoms with Crippen LogP contribution in [0, 0.1) is 5.92 Å². The van der Waals surface area contributed by atoms with Crippen molar-refractivity contribution in [1.29, 1.82) is 0 Å². The molecule has 1 aromatic heterocycles. The highest BCUT2D eigenvalue weighted by Gasteiger charge is 2.27. The first-order valence-electron chi connectivity index (χ1n) is 7.90. The third kappa shape index (κ3) is 3.60. The van der Waals surface area contributed by atoms with Crippen molar-refractivity contribution in [2.75, 3.05) is 20.2 Å². The molecule has 1 aromatic rings. The SMILES string of the molecule is CCCNCC1CCCc2sc(C(OC)C(C)C)nc21. The highest BCUT2D eigenvalue weighted by atomic mass is 32.1. The van der Waals surface area contributed by atoms with Crippen molar-refractivity contribution >= 4 is 11.3 Å². The van der Waals surface area contributed by atoms with Crippen molar-refractivity contribution in [3.05, 3.63) is 15.6 Å². The van der Waals surface area contributed by atoms with Crippen molar-refractivity contribution in [1.82, 2.24) is 10.3 Å². The first-order chi connectivity index (χ1) is 9.67. The van der Waals surface area contributed by atoms with Crippen LogP contribution in [0.5, 0.6) is 0 Å². The van der Waals surface area contributed by atoms with E-state index in [4.69, 9.17) is 9.72 Å². The molecule has 0 aromatic carbocycles. The number of rotatable bonds is 7. The Bertz CT molecular complexity index is 417. The molecule has 1 aliphatic carbocycles. The first-order valence-corrected chi connectivity index (χ1v) is 8.72. The van der Waals surface area contributed by atoms with E-state index in [0.29, 0.717) is 11.8 Å². The van der Waals surface area contributed by atoms with E-state index < -0.39 is 0 Å². The molecule has 2 atom stereocenters. The summed E-state index contributed by atoms with van der Waals surface area (Å²) in [6, 6.07) is 0. The fraction of sp³-hybridized carbons (Fsp3) is 0.812. The molecule has 0 saturated carbocycles. The van der Waals surface area contributed by atoms with Gasteiger partial charge in [0.2, 0.25) is 0 Å². The van der Waals surface area contributed by atoms with Gasteiger partial charge in [-0.05, 0) is 38.1 Å². The molecule has 4 heteroatoms. The van der Waals surface area contributed by atoms with Crippen molar-refractivity contribution in [2.24, 2.45) is 5.92 Å². The van der Waals surface area contributed by atoms with E-state index >= 15 is 0 Å². The zero-order valence-corrected chi connectivity index (χ0v) is 14.1. The lowest BCUT2D eigenvalue weighted by Crippen LogP contribution is -2.25. The second-order valence-electron chi connectivity index (χ2n) is 6.05. The molecule has 20 heavy (non-hydrogen) atoms. The van der Waals surface area contributed by atoms with Crippen LogP contribution in [0.25, 0.3) is 0 Å². The summed E-state index contributed by atoms with van der Waals surface area (Å²) in [6.45, 7) is 8.80. The Hall–Kier alpha value is -0.450. The van der Waals surface area contributed by atoms with Gasteiger partial charge < -0.3 is 10.1 Å². The molecular formula is C16H28N2OS. The molecule has 0 saturated heterocycles. The summed E-state index contributed by atoms with van der Waals surface area (Å²) in [6.07, 6.45) is 5.11. The van der Waals surface area contributed by atoms with E-state index in [-0.39, 0.29) is 6.10 Å². The topological polar surface area (TPSA) is 34.1 Å². The third-order valence-electron chi connectivity index (χ3n) is 4.01. The summed E-state index contributed by atoms with van der Waals surface area (Å²) >= 11 is 1.88. The molecule has 3 nitrogen and oxygen atoms in total. The van der Waals surface area contributed by atoms with Crippen LogP contribution in [0.3, 0.4) is 0 Å². The summed E-state index contributed by atoms with van der Waals surface area (Å²) in [5.41, 5.74) is 1.35. The number of ether oxygens (including phenoxy) is 1. The van der Waals surface area contributed by atoms with E-state index in [1.165, 1.54) is 41.3 Å². The Labute approximate surface area is 127 Å². The zero-order chi connectivity index (χ0) is 14.5. The van der Waals surface area contributed by atoms with Crippen molar-refractivity contribution in [3.63, 3.8) is 0 Å². The Morgan fingerprint density at radius 1 is 1.45 bits per heavy atom. The summed E-state index contributed by atoms with van der Waals surface area (Å²) in [7, 11) is 1.80. The van der Waals surface area contributed by atoms with Crippen molar-refractivity contribution in [3.8, 4) is 0 Å².